The van der Waals surface area contributed by atoms with Gasteiger partial charge in [-0.05, 0) is 88.4 Å². The number of ether oxygens (including phenoxy) is 1. The number of amides is 1. The number of carbonyl (C=O) groups is 1. The fourth-order valence-electron chi connectivity index (χ4n) is 7.18. The lowest BCUT2D eigenvalue weighted by atomic mass is 9.64. The normalized spacial score (nSPS) is 25.4. The summed E-state index contributed by atoms with van der Waals surface area (Å²) in [5.74, 6) is 0.822. The van der Waals surface area contributed by atoms with E-state index in [1.165, 1.54) is 19.3 Å². The topological polar surface area (TPSA) is 99.6 Å². The third-order valence-corrected chi connectivity index (χ3v) is 9.57. The fraction of sp³-hybridized carbons (Fsp3) is 0.621. The second kappa shape index (κ2) is 10.2. The van der Waals surface area contributed by atoms with Crippen LogP contribution in [0.4, 0.5) is 5.69 Å². The molecule has 2 aromatic rings. The van der Waals surface area contributed by atoms with Crippen molar-refractivity contribution >= 4 is 11.6 Å². The highest BCUT2D eigenvalue weighted by molar-refractivity contribution is 5.84. The Morgan fingerprint density at radius 3 is 2.62 bits per heavy atom. The summed E-state index contributed by atoms with van der Waals surface area (Å²) in [6.07, 6.45) is 11.2. The SMILES string of the molecule is O=C(NC1CCNC2(CCC2)C1)C1(C2CCOCC2)CCN(c2cnnc(-c3ccccc3O)c2)CC1. The lowest BCUT2D eigenvalue weighted by Gasteiger charge is -2.50. The van der Waals surface area contributed by atoms with Crippen molar-refractivity contribution in [1.29, 1.82) is 0 Å². The van der Waals surface area contributed by atoms with E-state index in [2.05, 4.69) is 25.7 Å². The third kappa shape index (κ3) is 4.81. The number of aromatic nitrogens is 2. The largest absolute Gasteiger partial charge is 0.507 e. The maximum Gasteiger partial charge on any atom is 0.226 e. The number of para-hydroxylation sites is 1. The van der Waals surface area contributed by atoms with Gasteiger partial charge in [0.25, 0.3) is 0 Å². The van der Waals surface area contributed by atoms with Gasteiger partial charge in [0.1, 0.15) is 5.75 Å². The van der Waals surface area contributed by atoms with Crippen LogP contribution in [0.3, 0.4) is 0 Å². The molecule has 8 heteroatoms. The summed E-state index contributed by atoms with van der Waals surface area (Å²) in [6, 6.07) is 9.48. The predicted octanol–water partition coefficient (Wildman–Crippen LogP) is 3.65. The number of nitrogens with one attached hydrogen (secondary N) is 2. The van der Waals surface area contributed by atoms with Crippen LogP contribution < -0.4 is 15.5 Å². The molecule has 8 nitrogen and oxygen atoms in total. The van der Waals surface area contributed by atoms with Gasteiger partial charge < -0.3 is 25.4 Å². The number of hydrogen-bond acceptors (Lipinski definition) is 7. The Bertz CT molecular complexity index is 1110. The standard InChI is InChI=1S/C29H39N5O3/c35-26-5-2-1-4-24(26)25-18-23(20-31-33-25)34-14-11-29(12-15-34,21-7-16-37-17-8-21)27(36)32-22-6-13-30-28(19-22)9-3-10-28/h1-2,4-5,18,20-22,30,35H,3,6-17,19H2,(H,32,36). The van der Waals surface area contributed by atoms with Crippen molar-refractivity contribution in [3.05, 3.63) is 36.5 Å². The zero-order valence-corrected chi connectivity index (χ0v) is 21.6. The van der Waals surface area contributed by atoms with E-state index in [4.69, 9.17) is 4.74 Å². The predicted molar refractivity (Wildman–Crippen MR) is 142 cm³/mol. The molecule has 4 fully saturated rings. The molecule has 3 aliphatic heterocycles. The van der Waals surface area contributed by atoms with E-state index in [-0.39, 0.29) is 28.7 Å². The van der Waals surface area contributed by atoms with Crippen molar-refractivity contribution in [3.8, 4) is 17.0 Å². The van der Waals surface area contributed by atoms with Crippen LogP contribution in [-0.2, 0) is 9.53 Å². The first-order chi connectivity index (χ1) is 18.1. The molecular weight excluding hydrogens is 466 g/mol. The number of aromatic hydroxyl groups is 1. The lowest BCUT2D eigenvalue weighted by molar-refractivity contribution is -0.140. The minimum Gasteiger partial charge on any atom is -0.507 e. The first kappa shape index (κ1) is 24.6. The summed E-state index contributed by atoms with van der Waals surface area (Å²) >= 11 is 0. The molecule has 0 bridgehead atoms. The van der Waals surface area contributed by atoms with E-state index in [1.54, 1.807) is 18.3 Å². The quantitative estimate of drug-likeness (QED) is 0.570. The van der Waals surface area contributed by atoms with E-state index in [1.807, 2.05) is 18.2 Å². The maximum atomic E-state index is 14.1. The number of phenolic OH excluding ortho intramolecular Hbond substituents is 1. The van der Waals surface area contributed by atoms with Crippen LogP contribution in [0.5, 0.6) is 5.75 Å². The van der Waals surface area contributed by atoms with E-state index < -0.39 is 0 Å². The highest BCUT2D eigenvalue weighted by Crippen LogP contribution is 2.46. The molecule has 37 heavy (non-hydrogen) atoms. The number of phenols is 1. The van der Waals surface area contributed by atoms with Gasteiger partial charge in [0, 0.05) is 43.4 Å². The Hall–Kier alpha value is -2.71. The molecule has 3 saturated heterocycles. The number of rotatable bonds is 5. The summed E-state index contributed by atoms with van der Waals surface area (Å²) in [4.78, 5) is 16.4. The first-order valence-electron chi connectivity index (χ1n) is 14.1. The van der Waals surface area contributed by atoms with E-state index in [9.17, 15) is 9.90 Å². The lowest BCUT2D eigenvalue weighted by Crippen LogP contribution is -2.62. The summed E-state index contributed by atoms with van der Waals surface area (Å²) in [6.45, 7) is 4.09. The molecule has 198 valence electrons. The number of carbonyl (C=O) groups excluding carboxylic acids is 1. The van der Waals surface area contributed by atoms with E-state index in [0.29, 0.717) is 17.2 Å². The molecule has 0 radical (unpaired) electrons. The summed E-state index contributed by atoms with van der Waals surface area (Å²) in [7, 11) is 0. The van der Waals surface area contributed by atoms with Crippen LogP contribution >= 0.6 is 0 Å². The number of hydrogen-bond donors (Lipinski definition) is 3. The first-order valence-corrected chi connectivity index (χ1v) is 14.1. The van der Waals surface area contributed by atoms with Crippen molar-refractivity contribution in [1.82, 2.24) is 20.8 Å². The Kier molecular flexibility index (Phi) is 6.80. The van der Waals surface area contributed by atoms with Gasteiger partial charge in [0.15, 0.2) is 0 Å². The second-order valence-corrected chi connectivity index (χ2v) is 11.6. The third-order valence-electron chi connectivity index (χ3n) is 9.57. The van der Waals surface area contributed by atoms with E-state index in [0.717, 1.165) is 77.1 Å². The smallest absolute Gasteiger partial charge is 0.226 e. The van der Waals surface area contributed by atoms with Crippen LogP contribution in [0, 0.1) is 11.3 Å². The molecule has 4 aliphatic rings. The zero-order chi connectivity index (χ0) is 25.3. The van der Waals surface area contributed by atoms with Gasteiger partial charge in [0.05, 0.1) is 23.0 Å². The van der Waals surface area contributed by atoms with Crippen molar-refractivity contribution in [2.24, 2.45) is 11.3 Å². The maximum absolute atomic E-state index is 14.1. The molecule has 1 atom stereocenters. The van der Waals surface area contributed by atoms with Gasteiger partial charge >= 0.3 is 0 Å². The molecule has 4 heterocycles. The van der Waals surface area contributed by atoms with Gasteiger partial charge in [-0.15, -0.1) is 0 Å². The molecular formula is C29H39N5O3. The average molecular weight is 506 g/mol. The monoisotopic (exact) mass is 505 g/mol. The van der Waals surface area contributed by atoms with Crippen molar-refractivity contribution in [3.63, 3.8) is 0 Å². The zero-order valence-electron chi connectivity index (χ0n) is 21.6. The highest BCUT2D eigenvalue weighted by Gasteiger charge is 2.49. The molecule has 1 spiro atoms. The van der Waals surface area contributed by atoms with Crippen molar-refractivity contribution in [2.45, 2.75) is 69.4 Å². The van der Waals surface area contributed by atoms with Gasteiger partial charge in [-0.1, -0.05) is 12.1 Å². The Morgan fingerprint density at radius 1 is 1.11 bits per heavy atom. The summed E-state index contributed by atoms with van der Waals surface area (Å²) < 4.78 is 5.68. The van der Waals surface area contributed by atoms with Gasteiger partial charge in [-0.2, -0.15) is 10.2 Å². The van der Waals surface area contributed by atoms with E-state index >= 15 is 0 Å². The number of anilines is 1. The minimum absolute atomic E-state index is 0.199. The fourth-order valence-corrected chi connectivity index (χ4v) is 7.18. The second-order valence-electron chi connectivity index (χ2n) is 11.6. The molecule has 1 unspecified atom stereocenters. The van der Waals surface area contributed by atoms with Crippen molar-refractivity contribution in [2.75, 3.05) is 37.7 Å². The van der Waals surface area contributed by atoms with Crippen LogP contribution in [0.15, 0.2) is 36.5 Å². The molecule has 1 saturated carbocycles. The summed E-state index contributed by atoms with van der Waals surface area (Å²) in [5.41, 5.74) is 2.24. The molecule has 1 aromatic carbocycles. The van der Waals surface area contributed by atoms with Gasteiger partial charge in [-0.3, -0.25) is 4.79 Å². The molecule has 6 rings (SSSR count). The number of benzene rings is 1. The Balaban J connectivity index is 1.18. The molecule has 1 amide bonds. The summed E-state index contributed by atoms with van der Waals surface area (Å²) in [5, 5.41) is 26.1. The minimum atomic E-state index is -0.348. The Labute approximate surface area is 219 Å². The Morgan fingerprint density at radius 2 is 1.89 bits per heavy atom. The average Bonchev–Trinajstić information content (AvgIpc) is 2.93. The number of piperidine rings is 2. The molecule has 3 N–H and O–H groups in total. The number of nitrogens with zero attached hydrogens (tertiary/aromatic N) is 3. The van der Waals surface area contributed by atoms with Crippen LogP contribution in [0.2, 0.25) is 0 Å². The highest BCUT2D eigenvalue weighted by atomic mass is 16.5. The van der Waals surface area contributed by atoms with Crippen molar-refractivity contribution < 1.29 is 14.6 Å². The molecule has 1 aromatic heterocycles. The van der Waals surface area contributed by atoms with Crippen LogP contribution in [0.25, 0.3) is 11.3 Å². The van der Waals surface area contributed by atoms with Crippen LogP contribution in [-0.4, -0.2) is 65.6 Å². The van der Waals surface area contributed by atoms with Gasteiger partial charge in [0.2, 0.25) is 5.91 Å². The molecule has 1 aliphatic carbocycles. The van der Waals surface area contributed by atoms with Crippen LogP contribution in [0.1, 0.15) is 57.8 Å². The van der Waals surface area contributed by atoms with Gasteiger partial charge in [-0.25, -0.2) is 0 Å².